The number of pyridine rings is 1. The van der Waals surface area contributed by atoms with Crippen molar-refractivity contribution >= 4 is 10.8 Å². The van der Waals surface area contributed by atoms with Crippen molar-refractivity contribution in [3.63, 3.8) is 0 Å². The number of hydrogen-bond donors (Lipinski definition) is 0. The normalized spacial score (nSPS) is 10.4. The lowest BCUT2D eigenvalue weighted by molar-refractivity contribution is -0.609. The van der Waals surface area contributed by atoms with Gasteiger partial charge in [-0.05, 0) is 23.6 Å². The lowest BCUT2D eigenvalue weighted by atomic mass is 10.2. The van der Waals surface area contributed by atoms with E-state index in [0.717, 1.165) is 15.5 Å². The molecular formula is C15H11NO2. The van der Waals surface area contributed by atoms with Crippen molar-refractivity contribution in [3.8, 4) is 11.6 Å². The van der Waals surface area contributed by atoms with Crippen molar-refractivity contribution in [1.29, 1.82) is 0 Å². The average molecular weight is 237 g/mol. The molecule has 3 nitrogen and oxygen atoms in total. The highest BCUT2D eigenvalue weighted by Crippen LogP contribution is 2.25. The second kappa shape index (κ2) is 4.37. The van der Waals surface area contributed by atoms with E-state index in [1.807, 2.05) is 54.6 Å². The van der Waals surface area contributed by atoms with E-state index < -0.39 is 0 Å². The van der Waals surface area contributed by atoms with Crippen molar-refractivity contribution < 1.29 is 9.47 Å². The summed E-state index contributed by atoms with van der Waals surface area (Å²) in [4.78, 5) is 0. The van der Waals surface area contributed by atoms with E-state index in [4.69, 9.17) is 4.74 Å². The molecule has 3 rings (SSSR count). The first kappa shape index (κ1) is 10.6. The van der Waals surface area contributed by atoms with Crippen LogP contribution in [0.2, 0.25) is 0 Å². The Kier molecular flexibility index (Phi) is 2.57. The zero-order valence-electron chi connectivity index (χ0n) is 9.61. The van der Waals surface area contributed by atoms with Crippen LogP contribution in [0, 0.1) is 5.21 Å². The molecule has 0 spiro atoms. The summed E-state index contributed by atoms with van der Waals surface area (Å²) in [5.41, 5.74) is 0. The topological polar surface area (TPSA) is 36.2 Å². The number of ether oxygens (including phenoxy) is 1. The van der Waals surface area contributed by atoms with E-state index in [0.29, 0.717) is 11.6 Å². The molecule has 0 fully saturated rings. The molecule has 18 heavy (non-hydrogen) atoms. The van der Waals surface area contributed by atoms with Gasteiger partial charge >= 0.3 is 5.88 Å². The predicted molar refractivity (Wildman–Crippen MR) is 69.4 cm³/mol. The van der Waals surface area contributed by atoms with Crippen molar-refractivity contribution in [2.45, 2.75) is 0 Å². The minimum Gasteiger partial charge on any atom is -0.616 e. The number of rotatable bonds is 2. The Hall–Kier alpha value is -2.55. The number of fused-ring (bicyclic) bond motifs is 1. The molecule has 3 heteroatoms. The number of para-hydroxylation sites is 1. The zero-order chi connectivity index (χ0) is 12.4. The molecule has 2 aromatic carbocycles. The number of hydrogen-bond acceptors (Lipinski definition) is 2. The lowest BCUT2D eigenvalue weighted by Crippen LogP contribution is -2.27. The highest BCUT2D eigenvalue weighted by Gasteiger charge is 2.13. The van der Waals surface area contributed by atoms with Crippen LogP contribution >= 0.6 is 0 Å². The van der Waals surface area contributed by atoms with E-state index in [2.05, 4.69) is 0 Å². The van der Waals surface area contributed by atoms with Crippen LogP contribution < -0.4 is 9.47 Å². The highest BCUT2D eigenvalue weighted by atomic mass is 16.6. The summed E-state index contributed by atoms with van der Waals surface area (Å²) in [5.74, 6) is 0.956. The van der Waals surface area contributed by atoms with Gasteiger partial charge in [0.2, 0.25) is 0 Å². The van der Waals surface area contributed by atoms with Gasteiger partial charge in [-0.25, -0.2) is 0 Å². The second-order valence-electron chi connectivity index (χ2n) is 3.95. The molecule has 1 heterocycles. The van der Waals surface area contributed by atoms with Gasteiger partial charge in [-0.3, -0.25) is 0 Å². The molecule has 1 aromatic heterocycles. The highest BCUT2D eigenvalue weighted by molar-refractivity contribution is 5.85. The summed E-state index contributed by atoms with van der Waals surface area (Å²) in [7, 11) is 0. The molecule has 0 saturated heterocycles. The maximum Gasteiger partial charge on any atom is 0.392 e. The molecular weight excluding hydrogens is 226 g/mol. The van der Waals surface area contributed by atoms with Crippen LogP contribution in [0.3, 0.4) is 0 Å². The van der Waals surface area contributed by atoms with E-state index in [9.17, 15) is 5.21 Å². The first-order valence-corrected chi connectivity index (χ1v) is 5.68. The third-order valence-corrected chi connectivity index (χ3v) is 2.74. The van der Waals surface area contributed by atoms with Gasteiger partial charge in [-0.1, -0.05) is 36.4 Å². The summed E-state index contributed by atoms with van der Waals surface area (Å²) in [6.45, 7) is 0. The number of nitrogens with zero attached hydrogens (tertiary/aromatic N) is 1. The molecule has 88 valence electrons. The number of aromatic nitrogens is 1. The molecule has 0 saturated carbocycles. The molecule has 0 aliphatic rings. The van der Waals surface area contributed by atoms with Crippen LogP contribution in [0.4, 0.5) is 0 Å². The maximum atomic E-state index is 11.8. The van der Waals surface area contributed by atoms with Crippen LogP contribution in [0.25, 0.3) is 10.8 Å². The zero-order valence-corrected chi connectivity index (χ0v) is 9.61. The summed E-state index contributed by atoms with van der Waals surface area (Å²) in [6.07, 6.45) is 1.46. The van der Waals surface area contributed by atoms with Gasteiger partial charge in [-0.2, -0.15) is 0 Å². The Balaban J connectivity index is 2.13. The summed E-state index contributed by atoms with van der Waals surface area (Å²) in [5, 5.41) is 13.6. The number of benzene rings is 2. The van der Waals surface area contributed by atoms with Gasteiger partial charge in [-0.15, -0.1) is 4.73 Å². The minimum atomic E-state index is 0.305. The van der Waals surface area contributed by atoms with Crippen LogP contribution in [0.5, 0.6) is 11.6 Å². The molecule has 0 unspecified atom stereocenters. The van der Waals surface area contributed by atoms with Gasteiger partial charge in [0, 0.05) is 6.07 Å². The lowest BCUT2D eigenvalue weighted by Gasteiger charge is -2.08. The van der Waals surface area contributed by atoms with Crippen LogP contribution in [0.15, 0.2) is 66.9 Å². The fourth-order valence-electron chi connectivity index (χ4n) is 1.87. The fraction of sp³-hybridized carbons (Fsp3) is 0. The molecule has 0 atom stereocenters. The Labute approximate surface area is 104 Å². The molecule has 0 bridgehead atoms. The first-order chi connectivity index (χ1) is 8.84. The quantitative estimate of drug-likeness (QED) is 0.506. The Morgan fingerprint density at radius 1 is 0.833 bits per heavy atom. The summed E-state index contributed by atoms with van der Waals surface area (Å²) >= 11 is 0. The maximum absolute atomic E-state index is 11.8. The van der Waals surface area contributed by atoms with Crippen molar-refractivity contribution in [2.24, 2.45) is 0 Å². The average Bonchev–Trinajstić information content (AvgIpc) is 2.43. The van der Waals surface area contributed by atoms with Gasteiger partial charge in [0.15, 0.2) is 6.20 Å². The van der Waals surface area contributed by atoms with Gasteiger partial charge < -0.3 is 9.94 Å². The van der Waals surface area contributed by atoms with Crippen molar-refractivity contribution in [1.82, 2.24) is 0 Å². The second-order valence-corrected chi connectivity index (χ2v) is 3.95. The largest absolute Gasteiger partial charge is 0.616 e. The van der Waals surface area contributed by atoms with E-state index >= 15 is 0 Å². The van der Waals surface area contributed by atoms with Gasteiger partial charge in [0.1, 0.15) is 5.75 Å². The molecule has 0 radical (unpaired) electrons. The molecule has 0 amide bonds. The van der Waals surface area contributed by atoms with Crippen LogP contribution in [-0.4, -0.2) is 0 Å². The molecule has 3 aromatic rings. The standard InChI is InChI=1S/C15H11NO2/c17-16-11-10-12-6-4-5-9-14(12)15(16)18-13-7-2-1-3-8-13/h1-11H. The predicted octanol–water partition coefficient (Wildman–Crippen LogP) is 3.27. The molecule has 0 N–H and O–H groups in total. The first-order valence-electron chi connectivity index (χ1n) is 5.68. The van der Waals surface area contributed by atoms with Crippen LogP contribution in [0.1, 0.15) is 0 Å². The summed E-state index contributed by atoms with van der Waals surface area (Å²) in [6, 6.07) is 18.7. The van der Waals surface area contributed by atoms with Crippen molar-refractivity contribution in [3.05, 3.63) is 72.1 Å². The van der Waals surface area contributed by atoms with Crippen LogP contribution in [-0.2, 0) is 0 Å². The third-order valence-electron chi connectivity index (χ3n) is 2.74. The minimum absolute atomic E-state index is 0.305. The third kappa shape index (κ3) is 1.86. The van der Waals surface area contributed by atoms with E-state index in [-0.39, 0.29) is 0 Å². The SMILES string of the molecule is [O-][n+]1ccc2ccccc2c1Oc1ccccc1. The smallest absolute Gasteiger partial charge is 0.392 e. The Bertz CT molecular complexity index is 680. The fourth-order valence-corrected chi connectivity index (χ4v) is 1.87. The van der Waals surface area contributed by atoms with Gasteiger partial charge in [0.05, 0.1) is 5.39 Å². The van der Waals surface area contributed by atoms with E-state index in [1.165, 1.54) is 6.20 Å². The monoisotopic (exact) mass is 237 g/mol. The molecule has 0 aliphatic heterocycles. The summed E-state index contributed by atoms with van der Waals surface area (Å²) < 4.78 is 6.42. The van der Waals surface area contributed by atoms with E-state index in [1.54, 1.807) is 6.07 Å². The molecule has 0 aliphatic carbocycles. The Morgan fingerprint density at radius 2 is 1.56 bits per heavy atom. The van der Waals surface area contributed by atoms with Crippen molar-refractivity contribution in [2.75, 3.05) is 0 Å². The Morgan fingerprint density at radius 3 is 2.39 bits per heavy atom. The van der Waals surface area contributed by atoms with Gasteiger partial charge in [0.25, 0.3) is 0 Å².